The van der Waals surface area contributed by atoms with Crippen molar-refractivity contribution >= 4 is 23.0 Å². The second kappa shape index (κ2) is 5.95. The number of carbonyl (C=O) groups is 2. The second-order valence-corrected chi connectivity index (χ2v) is 9.56. The van der Waals surface area contributed by atoms with E-state index in [-0.39, 0.29) is 41.3 Å². The lowest BCUT2D eigenvalue weighted by atomic mass is 9.42. The van der Waals surface area contributed by atoms with Crippen molar-refractivity contribution in [2.75, 3.05) is 7.11 Å². The third kappa shape index (κ3) is 2.27. The zero-order valence-corrected chi connectivity index (χ0v) is 16.5. The van der Waals surface area contributed by atoms with Crippen LogP contribution in [0.1, 0.15) is 52.9 Å². The number of hydrogen-bond donors (Lipinski definition) is 1. The zero-order chi connectivity index (χ0) is 19.7. The van der Waals surface area contributed by atoms with Crippen LogP contribution in [-0.2, 0) is 14.4 Å². The third-order valence-corrected chi connectivity index (χ3v) is 8.60. The molecule has 4 saturated carbocycles. The van der Waals surface area contributed by atoms with Gasteiger partial charge in [0.25, 0.3) is 0 Å². The molecule has 0 saturated heterocycles. The number of hydrogen-bond acceptors (Lipinski definition) is 5. The molecule has 4 rings (SSSR count). The summed E-state index contributed by atoms with van der Waals surface area (Å²) in [5, 5.41) is 12.5. The van der Waals surface area contributed by atoms with Crippen LogP contribution in [0.25, 0.3) is 0 Å². The van der Waals surface area contributed by atoms with Gasteiger partial charge in [0.2, 0.25) is 0 Å². The molecule has 4 fully saturated rings. The lowest BCUT2D eigenvalue weighted by Gasteiger charge is -2.59. The maximum Gasteiger partial charge on any atom is 0.173 e. The highest BCUT2D eigenvalue weighted by Crippen LogP contribution is 2.65. The van der Waals surface area contributed by atoms with E-state index in [1.165, 1.54) is 7.11 Å². The van der Waals surface area contributed by atoms with E-state index in [9.17, 15) is 14.0 Å². The Hall–Kier alpha value is -1.59. The first kappa shape index (κ1) is 18.8. The van der Waals surface area contributed by atoms with Gasteiger partial charge in [-0.15, -0.1) is 0 Å². The Morgan fingerprint density at radius 2 is 1.96 bits per heavy atom. The molecule has 0 heterocycles. The van der Waals surface area contributed by atoms with E-state index in [1.807, 2.05) is 6.92 Å². The van der Waals surface area contributed by atoms with Crippen LogP contribution in [0.5, 0.6) is 0 Å². The minimum atomic E-state index is -1.47. The molecule has 0 aliphatic heterocycles. The fourth-order valence-electron chi connectivity index (χ4n) is 6.98. The summed E-state index contributed by atoms with van der Waals surface area (Å²) in [6.45, 7) is 5.77. The number of alkyl halides is 1. The minimum absolute atomic E-state index is 0.0127. The van der Waals surface area contributed by atoms with Crippen LogP contribution in [0.15, 0.2) is 5.16 Å². The highest BCUT2D eigenvalue weighted by Gasteiger charge is 2.69. The number of ketones is 2. The van der Waals surface area contributed by atoms with E-state index >= 15 is 0 Å². The molecule has 0 aromatic carbocycles. The molecule has 0 bridgehead atoms. The van der Waals surface area contributed by atoms with Gasteiger partial charge in [0.15, 0.2) is 12.0 Å². The van der Waals surface area contributed by atoms with Gasteiger partial charge in [-0.05, 0) is 49.4 Å². The van der Waals surface area contributed by atoms with E-state index in [2.05, 4.69) is 12.1 Å². The van der Waals surface area contributed by atoms with Crippen LogP contribution in [0.4, 0.5) is 4.39 Å². The zero-order valence-electron chi connectivity index (χ0n) is 16.5. The number of halogens is 1. The smallest absolute Gasteiger partial charge is 0.173 e. The fraction of sp³-hybridized carbons (Fsp3) is 0.810. The Morgan fingerprint density at radius 1 is 1.26 bits per heavy atom. The van der Waals surface area contributed by atoms with E-state index in [0.29, 0.717) is 25.0 Å². The summed E-state index contributed by atoms with van der Waals surface area (Å²) in [5.41, 5.74) is 0.348. The summed E-state index contributed by atoms with van der Waals surface area (Å²) in [6, 6.07) is 0. The number of nitrogens with one attached hydrogen (secondary N) is 1. The summed E-state index contributed by atoms with van der Waals surface area (Å²) in [5.74, 6) is -1.15. The van der Waals surface area contributed by atoms with Gasteiger partial charge in [-0.1, -0.05) is 25.9 Å². The van der Waals surface area contributed by atoms with Gasteiger partial charge in [0, 0.05) is 28.9 Å². The van der Waals surface area contributed by atoms with E-state index in [0.717, 1.165) is 12.1 Å². The molecular formula is C21H29FN2O3. The molecule has 0 aromatic rings. The summed E-state index contributed by atoms with van der Waals surface area (Å²) in [7, 11) is 1.51. The Bertz CT molecular complexity index is 750. The summed E-state index contributed by atoms with van der Waals surface area (Å²) < 4.78 is 14.5. The predicted molar refractivity (Wildman–Crippen MR) is 99.5 cm³/mol. The molecule has 4 aliphatic carbocycles. The molecule has 8 atom stereocenters. The normalized spacial score (nSPS) is 51.0. The van der Waals surface area contributed by atoms with Crippen molar-refractivity contribution in [3.05, 3.63) is 0 Å². The highest BCUT2D eigenvalue weighted by molar-refractivity contribution is 6.02. The lowest BCUT2D eigenvalue weighted by molar-refractivity contribution is -0.160. The molecule has 1 N–H and O–H groups in total. The summed E-state index contributed by atoms with van der Waals surface area (Å²) in [4.78, 5) is 31.4. The molecule has 0 aromatic heterocycles. The van der Waals surface area contributed by atoms with Crippen LogP contribution in [-0.4, -0.2) is 36.3 Å². The minimum Gasteiger partial charge on any atom is -0.399 e. The maximum absolute atomic E-state index is 14.5. The van der Waals surface area contributed by atoms with E-state index in [1.54, 1.807) is 6.92 Å². The fourth-order valence-corrected chi connectivity index (χ4v) is 6.98. The lowest BCUT2D eigenvalue weighted by Crippen LogP contribution is -2.62. The Kier molecular flexibility index (Phi) is 4.13. The van der Waals surface area contributed by atoms with Gasteiger partial charge in [0.05, 0.1) is 5.71 Å². The first-order valence-corrected chi connectivity index (χ1v) is 10.0. The summed E-state index contributed by atoms with van der Waals surface area (Å²) >= 11 is 0. The van der Waals surface area contributed by atoms with Crippen LogP contribution in [0.3, 0.4) is 0 Å². The van der Waals surface area contributed by atoms with Gasteiger partial charge in [-0.3, -0.25) is 9.59 Å². The van der Waals surface area contributed by atoms with Crippen LogP contribution >= 0.6 is 0 Å². The molecule has 0 spiro atoms. The standard InChI is InChI=1S/C21H29FN2O3/c1-10-18(25)17-12(13-9-15(22)19(26)21(10,13)3)8-16(24-27-4)14-7-11(23)5-6-20(14,17)2/h10,12-15,17,23H,5-9H2,1-4H3/b23-11?,24-16+/t10?,12?,13?,14?,15?,17?,20-,21-/m0/s1. The molecule has 27 heavy (non-hydrogen) atoms. The molecule has 148 valence electrons. The van der Waals surface area contributed by atoms with Crippen molar-refractivity contribution in [1.82, 2.24) is 0 Å². The third-order valence-electron chi connectivity index (χ3n) is 8.60. The van der Waals surface area contributed by atoms with Gasteiger partial charge in [-0.25, -0.2) is 4.39 Å². The SMILES string of the molecule is CO/N=C1\CC2C(C(=O)C(C)[C@]3(C)C(=O)C(F)CC23)[C@@]2(C)CCC(=N)CC12. The van der Waals surface area contributed by atoms with Crippen molar-refractivity contribution in [2.45, 2.75) is 59.0 Å². The second-order valence-electron chi connectivity index (χ2n) is 9.56. The van der Waals surface area contributed by atoms with Gasteiger partial charge < -0.3 is 10.2 Å². The maximum atomic E-state index is 14.5. The number of rotatable bonds is 1. The monoisotopic (exact) mass is 376 g/mol. The van der Waals surface area contributed by atoms with Crippen LogP contribution < -0.4 is 0 Å². The highest BCUT2D eigenvalue weighted by atomic mass is 19.1. The van der Waals surface area contributed by atoms with Crippen molar-refractivity contribution in [3.8, 4) is 0 Å². The van der Waals surface area contributed by atoms with Crippen LogP contribution in [0, 0.1) is 45.8 Å². The molecule has 4 aliphatic rings. The Morgan fingerprint density at radius 3 is 2.63 bits per heavy atom. The van der Waals surface area contributed by atoms with Crippen molar-refractivity contribution in [2.24, 2.45) is 45.6 Å². The van der Waals surface area contributed by atoms with Gasteiger partial charge in [0.1, 0.15) is 12.9 Å². The number of oxime groups is 1. The number of fused-ring (bicyclic) bond motifs is 5. The predicted octanol–water partition coefficient (Wildman–Crippen LogP) is 3.60. The molecule has 0 radical (unpaired) electrons. The number of Topliss-reactive ketones (excluding diaryl/α,β-unsaturated/α-hetero) is 2. The van der Waals surface area contributed by atoms with E-state index in [4.69, 9.17) is 10.2 Å². The largest absolute Gasteiger partial charge is 0.399 e. The number of nitrogens with zero attached hydrogens (tertiary/aromatic N) is 1. The van der Waals surface area contributed by atoms with Crippen molar-refractivity contribution in [3.63, 3.8) is 0 Å². The topological polar surface area (TPSA) is 79.6 Å². The van der Waals surface area contributed by atoms with Gasteiger partial charge >= 0.3 is 0 Å². The first-order chi connectivity index (χ1) is 12.7. The van der Waals surface area contributed by atoms with Gasteiger partial charge in [-0.2, -0.15) is 0 Å². The average molecular weight is 376 g/mol. The van der Waals surface area contributed by atoms with E-state index < -0.39 is 23.3 Å². The average Bonchev–Trinajstić information content (AvgIpc) is 2.86. The van der Waals surface area contributed by atoms with Crippen LogP contribution in [0.2, 0.25) is 0 Å². The molecule has 5 nitrogen and oxygen atoms in total. The quantitative estimate of drug-likeness (QED) is 0.710. The number of carbonyl (C=O) groups excluding carboxylic acids is 2. The van der Waals surface area contributed by atoms with Crippen molar-refractivity contribution in [1.29, 1.82) is 5.41 Å². The molecule has 0 amide bonds. The summed E-state index contributed by atoms with van der Waals surface area (Å²) in [6.07, 6.45) is 1.35. The Balaban J connectivity index is 1.84. The molecular weight excluding hydrogens is 347 g/mol. The Labute approximate surface area is 159 Å². The van der Waals surface area contributed by atoms with Crippen molar-refractivity contribution < 1.29 is 18.8 Å². The molecule has 6 unspecified atom stereocenters. The first-order valence-electron chi connectivity index (χ1n) is 10.0. The molecule has 6 heteroatoms.